The molecule has 24 heavy (non-hydrogen) atoms. The van der Waals surface area contributed by atoms with Crippen molar-refractivity contribution in [3.8, 4) is 22.6 Å². The number of nitrogens with two attached hydrogens (primary N) is 1. The summed E-state index contributed by atoms with van der Waals surface area (Å²) in [6.07, 6.45) is -4.94. The number of hydrogen-bond acceptors (Lipinski definition) is 3. The number of rotatable bonds is 5. The lowest BCUT2D eigenvalue weighted by molar-refractivity contribution is -0.275. The van der Waals surface area contributed by atoms with Gasteiger partial charge in [-0.05, 0) is 29.8 Å². The monoisotopic (exact) mass is 369 g/mol. The Hall–Kier alpha value is -2.06. The van der Waals surface area contributed by atoms with E-state index in [2.05, 4.69) is 4.74 Å². The number of alkyl halides is 3. The summed E-state index contributed by atoms with van der Waals surface area (Å²) in [5.41, 5.74) is 5.25. The van der Waals surface area contributed by atoms with E-state index in [4.69, 9.17) is 10.5 Å². The van der Waals surface area contributed by atoms with Gasteiger partial charge in [-0.1, -0.05) is 6.07 Å². The molecule has 0 saturated carbocycles. The molecule has 3 nitrogen and oxygen atoms in total. The van der Waals surface area contributed by atoms with Gasteiger partial charge in [-0.2, -0.15) is 0 Å². The standard InChI is InChI=1S/C15H12F5NO2.ClH/c16-10-2-3-11(12(17)8-10)9-1-4-13(22-6-5-21)14(7-9)23-15(18,19)20;/h1-4,7-8H,5-6,21H2;1H. The fourth-order valence-electron chi connectivity index (χ4n) is 1.89. The van der Waals surface area contributed by atoms with Crippen molar-refractivity contribution < 1.29 is 31.4 Å². The molecule has 2 aromatic carbocycles. The van der Waals surface area contributed by atoms with Crippen molar-refractivity contribution in [2.75, 3.05) is 13.2 Å². The molecule has 0 saturated heterocycles. The maximum atomic E-state index is 13.8. The first-order valence-corrected chi connectivity index (χ1v) is 6.48. The lowest BCUT2D eigenvalue weighted by atomic mass is 10.0. The molecule has 0 heterocycles. The molecule has 9 heteroatoms. The van der Waals surface area contributed by atoms with E-state index < -0.39 is 23.7 Å². The van der Waals surface area contributed by atoms with Gasteiger partial charge < -0.3 is 15.2 Å². The average molecular weight is 370 g/mol. The first-order valence-electron chi connectivity index (χ1n) is 6.48. The van der Waals surface area contributed by atoms with Gasteiger partial charge in [0.15, 0.2) is 11.5 Å². The van der Waals surface area contributed by atoms with Crippen LogP contribution in [0.1, 0.15) is 0 Å². The largest absolute Gasteiger partial charge is 0.573 e. The van der Waals surface area contributed by atoms with Crippen LogP contribution in [-0.4, -0.2) is 19.5 Å². The van der Waals surface area contributed by atoms with E-state index in [9.17, 15) is 22.0 Å². The summed E-state index contributed by atoms with van der Waals surface area (Å²) in [5.74, 6) is -2.51. The van der Waals surface area contributed by atoms with Crippen molar-refractivity contribution >= 4 is 12.4 Å². The second-order valence-electron chi connectivity index (χ2n) is 4.47. The molecule has 0 aliphatic carbocycles. The Morgan fingerprint density at radius 1 is 0.958 bits per heavy atom. The molecule has 0 unspecified atom stereocenters. The van der Waals surface area contributed by atoms with Gasteiger partial charge in [-0.15, -0.1) is 25.6 Å². The molecule has 0 bridgehead atoms. The predicted molar refractivity (Wildman–Crippen MR) is 80.3 cm³/mol. The highest BCUT2D eigenvalue weighted by Crippen LogP contribution is 2.36. The third-order valence-corrected chi connectivity index (χ3v) is 2.79. The molecular formula is C15H13ClF5NO2. The van der Waals surface area contributed by atoms with Crippen molar-refractivity contribution in [2.24, 2.45) is 5.73 Å². The lowest BCUT2D eigenvalue weighted by Crippen LogP contribution is -2.18. The lowest BCUT2D eigenvalue weighted by Gasteiger charge is -2.15. The maximum absolute atomic E-state index is 13.8. The Balaban J connectivity index is 0.00000288. The van der Waals surface area contributed by atoms with Gasteiger partial charge in [0.05, 0.1) is 0 Å². The molecule has 0 aliphatic rings. The molecule has 2 N–H and O–H groups in total. The Kier molecular flexibility index (Phi) is 6.80. The van der Waals surface area contributed by atoms with E-state index in [1.54, 1.807) is 0 Å². The SMILES string of the molecule is Cl.NCCOc1ccc(-c2ccc(F)cc2F)cc1OC(F)(F)F. The molecule has 132 valence electrons. The molecule has 0 aliphatic heterocycles. The van der Waals surface area contributed by atoms with Crippen LogP contribution in [0.25, 0.3) is 11.1 Å². The topological polar surface area (TPSA) is 44.5 Å². The van der Waals surface area contributed by atoms with E-state index in [0.29, 0.717) is 6.07 Å². The third-order valence-electron chi connectivity index (χ3n) is 2.79. The van der Waals surface area contributed by atoms with Gasteiger partial charge in [0, 0.05) is 18.2 Å². The van der Waals surface area contributed by atoms with Crippen molar-refractivity contribution in [3.63, 3.8) is 0 Å². The Bertz CT molecular complexity index is 694. The van der Waals surface area contributed by atoms with Crippen LogP contribution in [0.2, 0.25) is 0 Å². The molecule has 2 rings (SSSR count). The molecule has 0 fully saturated rings. The highest BCUT2D eigenvalue weighted by molar-refractivity contribution is 5.85. The highest BCUT2D eigenvalue weighted by atomic mass is 35.5. The van der Waals surface area contributed by atoms with Gasteiger partial charge in [0.1, 0.15) is 18.2 Å². The van der Waals surface area contributed by atoms with E-state index >= 15 is 0 Å². The van der Waals surface area contributed by atoms with Crippen LogP contribution in [0, 0.1) is 11.6 Å². The molecule has 0 aromatic heterocycles. The van der Waals surface area contributed by atoms with Crippen molar-refractivity contribution in [2.45, 2.75) is 6.36 Å². The second kappa shape index (κ2) is 8.16. The van der Waals surface area contributed by atoms with Crippen molar-refractivity contribution in [1.29, 1.82) is 0 Å². The van der Waals surface area contributed by atoms with Crippen LogP contribution in [0.3, 0.4) is 0 Å². The predicted octanol–water partition coefficient (Wildman–Crippen LogP) is 4.29. The normalized spacial score (nSPS) is 10.9. The van der Waals surface area contributed by atoms with E-state index in [1.807, 2.05) is 0 Å². The molecule has 2 aromatic rings. The number of ether oxygens (including phenoxy) is 2. The van der Waals surface area contributed by atoms with Crippen LogP contribution in [-0.2, 0) is 0 Å². The molecule has 0 radical (unpaired) electrons. The van der Waals surface area contributed by atoms with Crippen molar-refractivity contribution in [1.82, 2.24) is 0 Å². The van der Waals surface area contributed by atoms with Crippen LogP contribution in [0.4, 0.5) is 22.0 Å². The zero-order valence-corrected chi connectivity index (χ0v) is 12.9. The van der Waals surface area contributed by atoms with Crippen LogP contribution in [0.15, 0.2) is 36.4 Å². The summed E-state index contributed by atoms with van der Waals surface area (Å²) < 4.78 is 73.1. The summed E-state index contributed by atoms with van der Waals surface area (Å²) in [6, 6.07) is 6.27. The smallest absolute Gasteiger partial charge is 0.488 e. The fourth-order valence-corrected chi connectivity index (χ4v) is 1.89. The minimum absolute atomic E-state index is 0. The summed E-state index contributed by atoms with van der Waals surface area (Å²) >= 11 is 0. The zero-order chi connectivity index (χ0) is 17.0. The van der Waals surface area contributed by atoms with E-state index in [0.717, 1.165) is 18.2 Å². The van der Waals surface area contributed by atoms with Gasteiger partial charge in [-0.3, -0.25) is 0 Å². The minimum Gasteiger partial charge on any atom is -0.488 e. The maximum Gasteiger partial charge on any atom is 0.573 e. The Labute approximate surface area is 140 Å². The van der Waals surface area contributed by atoms with Crippen molar-refractivity contribution in [3.05, 3.63) is 48.0 Å². The van der Waals surface area contributed by atoms with Gasteiger partial charge in [-0.25, -0.2) is 8.78 Å². The number of hydrogen-bond donors (Lipinski definition) is 1. The summed E-state index contributed by atoms with van der Waals surface area (Å²) in [5, 5.41) is 0. The summed E-state index contributed by atoms with van der Waals surface area (Å²) in [4.78, 5) is 0. The summed E-state index contributed by atoms with van der Waals surface area (Å²) in [7, 11) is 0. The van der Waals surface area contributed by atoms with Crippen LogP contribution < -0.4 is 15.2 Å². The molecule has 0 amide bonds. The molecule has 0 spiro atoms. The number of benzene rings is 2. The Morgan fingerprint density at radius 2 is 1.67 bits per heavy atom. The van der Waals surface area contributed by atoms with E-state index in [1.165, 1.54) is 12.1 Å². The van der Waals surface area contributed by atoms with Gasteiger partial charge in [0.2, 0.25) is 0 Å². The summed E-state index contributed by atoms with van der Waals surface area (Å²) in [6.45, 7) is 0.0816. The first-order chi connectivity index (χ1) is 10.8. The third kappa shape index (κ3) is 5.24. The van der Waals surface area contributed by atoms with Crippen LogP contribution in [0.5, 0.6) is 11.5 Å². The number of halogens is 6. The van der Waals surface area contributed by atoms with Gasteiger partial charge in [0.25, 0.3) is 0 Å². The average Bonchev–Trinajstić information content (AvgIpc) is 2.44. The van der Waals surface area contributed by atoms with E-state index in [-0.39, 0.29) is 42.4 Å². The van der Waals surface area contributed by atoms with Crippen LogP contribution >= 0.6 is 12.4 Å². The molecular weight excluding hydrogens is 357 g/mol. The fraction of sp³-hybridized carbons (Fsp3) is 0.200. The first kappa shape index (κ1) is 20.0. The Morgan fingerprint density at radius 3 is 2.25 bits per heavy atom. The second-order valence-corrected chi connectivity index (χ2v) is 4.47. The quantitative estimate of drug-likeness (QED) is 0.800. The minimum atomic E-state index is -4.94. The zero-order valence-electron chi connectivity index (χ0n) is 12.1. The van der Waals surface area contributed by atoms with Gasteiger partial charge >= 0.3 is 6.36 Å². The molecule has 0 atom stereocenters. The highest BCUT2D eigenvalue weighted by Gasteiger charge is 2.32.